The molecule has 0 aliphatic heterocycles. The second-order valence-corrected chi connectivity index (χ2v) is 8.44. The summed E-state index contributed by atoms with van der Waals surface area (Å²) in [6.45, 7) is 0.288. The van der Waals surface area contributed by atoms with Gasteiger partial charge in [-0.2, -0.15) is 0 Å². The first-order valence-electron chi connectivity index (χ1n) is 8.57. The molecule has 0 aliphatic carbocycles. The van der Waals surface area contributed by atoms with Crippen molar-refractivity contribution in [3.63, 3.8) is 0 Å². The van der Waals surface area contributed by atoms with Crippen LogP contribution in [-0.2, 0) is 19.4 Å². The van der Waals surface area contributed by atoms with Crippen LogP contribution in [0.2, 0.25) is 5.02 Å². The number of aromatic nitrogens is 5. The van der Waals surface area contributed by atoms with Crippen LogP contribution in [0, 0.1) is 0 Å². The summed E-state index contributed by atoms with van der Waals surface area (Å²) in [5.74, 6) is 1.91. The van der Waals surface area contributed by atoms with Crippen molar-refractivity contribution < 1.29 is 4.74 Å². The Morgan fingerprint density at radius 2 is 1.97 bits per heavy atom. The fourth-order valence-corrected chi connectivity index (χ4v) is 3.90. The zero-order valence-electron chi connectivity index (χ0n) is 15.2. The van der Waals surface area contributed by atoms with E-state index in [9.17, 15) is 4.79 Å². The van der Waals surface area contributed by atoms with E-state index in [1.165, 1.54) is 22.2 Å². The van der Waals surface area contributed by atoms with Gasteiger partial charge in [-0.25, -0.2) is 4.98 Å². The fraction of sp³-hybridized carbons (Fsp3) is 0.158. The maximum absolute atomic E-state index is 12.3. The number of pyridine rings is 1. The summed E-state index contributed by atoms with van der Waals surface area (Å²) in [6, 6.07) is 12.3. The topological polar surface area (TPSA) is 74.3 Å². The normalized spacial score (nSPS) is 11.1. The average Bonchev–Trinajstić information content (AvgIpc) is 3.06. The first-order chi connectivity index (χ1) is 14.0. The van der Waals surface area contributed by atoms with Gasteiger partial charge in [0.2, 0.25) is 0 Å². The van der Waals surface area contributed by atoms with E-state index < -0.39 is 0 Å². The molecule has 3 aromatic heterocycles. The van der Waals surface area contributed by atoms with Gasteiger partial charge in [-0.1, -0.05) is 23.4 Å². The number of ether oxygens (including phenoxy) is 1. The minimum absolute atomic E-state index is 0.123. The highest BCUT2D eigenvalue weighted by molar-refractivity contribution is 9.10. The SMILES string of the molecule is Cn1c(COc2ccc(Cl)cc2)nnc1SCc1cc(=O)n2cc(Br)ccc2n1. The summed E-state index contributed by atoms with van der Waals surface area (Å²) in [5, 5.41) is 9.78. The quantitative estimate of drug-likeness (QED) is 0.377. The Balaban J connectivity index is 1.44. The zero-order chi connectivity index (χ0) is 20.4. The molecular formula is C19H15BrClN5O2S. The number of nitrogens with zero attached hydrogens (tertiary/aromatic N) is 5. The number of hydrogen-bond acceptors (Lipinski definition) is 6. The van der Waals surface area contributed by atoms with E-state index in [1.54, 1.807) is 36.5 Å². The standard InChI is InChI=1S/C19H15BrClN5O2S/c1-25-17(10-28-15-5-3-13(21)4-6-15)23-24-19(25)29-11-14-8-18(27)26-9-12(20)2-7-16(26)22-14/h2-9H,10-11H2,1H3. The Kier molecular flexibility index (Phi) is 5.89. The number of fused-ring (bicyclic) bond motifs is 1. The van der Waals surface area contributed by atoms with Gasteiger partial charge in [-0.15, -0.1) is 10.2 Å². The second kappa shape index (κ2) is 8.56. The lowest BCUT2D eigenvalue weighted by atomic mass is 10.3. The van der Waals surface area contributed by atoms with Gasteiger partial charge >= 0.3 is 0 Å². The minimum Gasteiger partial charge on any atom is -0.486 e. The van der Waals surface area contributed by atoms with E-state index in [-0.39, 0.29) is 12.2 Å². The van der Waals surface area contributed by atoms with E-state index in [4.69, 9.17) is 16.3 Å². The fourth-order valence-electron chi connectivity index (χ4n) is 2.61. The predicted molar refractivity (Wildman–Crippen MR) is 116 cm³/mol. The molecule has 4 aromatic rings. The molecule has 148 valence electrons. The lowest BCUT2D eigenvalue weighted by Crippen LogP contribution is -2.15. The monoisotopic (exact) mass is 491 g/mol. The van der Waals surface area contributed by atoms with Gasteiger partial charge in [0.05, 0.1) is 5.69 Å². The lowest BCUT2D eigenvalue weighted by Gasteiger charge is -2.07. The number of benzene rings is 1. The average molecular weight is 493 g/mol. The van der Waals surface area contributed by atoms with Gasteiger partial charge in [0.25, 0.3) is 5.56 Å². The largest absolute Gasteiger partial charge is 0.486 e. The molecular weight excluding hydrogens is 478 g/mol. The Morgan fingerprint density at radius 3 is 2.76 bits per heavy atom. The zero-order valence-corrected chi connectivity index (χ0v) is 18.4. The predicted octanol–water partition coefficient (Wildman–Crippen LogP) is 4.11. The molecule has 0 aliphatic rings. The van der Waals surface area contributed by atoms with Crippen LogP contribution in [0.1, 0.15) is 11.5 Å². The van der Waals surface area contributed by atoms with Crippen LogP contribution >= 0.6 is 39.3 Å². The van der Waals surface area contributed by atoms with Gasteiger partial charge < -0.3 is 9.30 Å². The Labute approximate surface area is 183 Å². The molecule has 0 unspecified atom stereocenters. The number of thioether (sulfide) groups is 1. The summed E-state index contributed by atoms with van der Waals surface area (Å²) in [5.41, 5.74) is 1.16. The van der Waals surface area contributed by atoms with Crippen molar-refractivity contribution in [2.45, 2.75) is 17.5 Å². The minimum atomic E-state index is -0.123. The third-order valence-electron chi connectivity index (χ3n) is 4.13. The number of halogens is 2. The summed E-state index contributed by atoms with van der Waals surface area (Å²) >= 11 is 10.7. The van der Waals surface area contributed by atoms with Crippen LogP contribution in [-0.4, -0.2) is 24.1 Å². The van der Waals surface area contributed by atoms with E-state index >= 15 is 0 Å². The molecule has 7 nitrogen and oxygen atoms in total. The van der Waals surface area contributed by atoms with E-state index in [0.29, 0.717) is 33.7 Å². The molecule has 0 saturated heterocycles. The molecule has 3 heterocycles. The molecule has 0 spiro atoms. The molecule has 0 saturated carbocycles. The van der Waals surface area contributed by atoms with Crippen molar-refractivity contribution in [3.05, 3.63) is 80.0 Å². The van der Waals surface area contributed by atoms with Gasteiger partial charge in [-0.3, -0.25) is 9.20 Å². The first kappa shape index (κ1) is 19.9. The van der Waals surface area contributed by atoms with Crippen molar-refractivity contribution in [1.82, 2.24) is 24.1 Å². The third-order valence-corrected chi connectivity index (χ3v) is 5.91. The van der Waals surface area contributed by atoms with Gasteiger partial charge in [0.15, 0.2) is 11.0 Å². The number of rotatable bonds is 6. The highest BCUT2D eigenvalue weighted by Gasteiger charge is 2.11. The molecule has 4 rings (SSSR count). The van der Waals surface area contributed by atoms with E-state index in [1.807, 2.05) is 17.7 Å². The molecule has 1 aromatic carbocycles. The van der Waals surface area contributed by atoms with Crippen molar-refractivity contribution in [1.29, 1.82) is 0 Å². The van der Waals surface area contributed by atoms with Crippen LogP contribution < -0.4 is 10.3 Å². The van der Waals surface area contributed by atoms with Crippen LogP contribution in [0.25, 0.3) is 5.65 Å². The van der Waals surface area contributed by atoms with Crippen molar-refractivity contribution in [2.75, 3.05) is 0 Å². The molecule has 0 fully saturated rings. The van der Waals surface area contributed by atoms with Crippen LogP contribution in [0.4, 0.5) is 0 Å². The molecule has 0 amide bonds. The highest BCUT2D eigenvalue weighted by atomic mass is 79.9. The van der Waals surface area contributed by atoms with Crippen molar-refractivity contribution in [2.24, 2.45) is 7.05 Å². The molecule has 0 radical (unpaired) electrons. The highest BCUT2D eigenvalue weighted by Crippen LogP contribution is 2.21. The summed E-state index contributed by atoms with van der Waals surface area (Å²) in [7, 11) is 1.88. The Morgan fingerprint density at radius 1 is 1.17 bits per heavy atom. The van der Waals surface area contributed by atoms with E-state index in [0.717, 1.165) is 9.63 Å². The van der Waals surface area contributed by atoms with Crippen LogP contribution in [0.15, 0.2) is 63.1 Å². The maximum Gasteiger partial charge on any atom is 0.258 e. The molecule has 0 atom stereocenters. The molecule has 10 heteroatoms. The van der Waals surface area contributed by atoms with E-state index in [2.05, 4.69) is 31.1 Å². The van der Waals surface area contributed by atoms with Gasteiger partial charge in [0.1, 0.15) is 18.0 Å². The smallest absolute Gasteiger partial charge is 0.258 e. The van der Waals surface area contributed by atoms with Gasteiger partial charge in [-0.05, 0) is 52.3 Å². The van der Waals surface area contributed by atoms with Crippen molar-refractivity contribution >= 4 is 44.9 Å². The van der Waals surface area contributed by atoms with Crippen LogP contribution in [0.3, 0.4) is 0 Å². The third kappa shape index (κ3) is 4.63. The van der Waals surface area contributed by atoms with Crippen LogP contribution in [0.5, 0.6) is 5.75 Å². The second-order valence-electron chi connectivity index (χ2n) is 6.15. The lowest BCUT2D eigenvalue weighted by molar-refractivity contribution is 0.290. The van der Waals surface area contributed by atoms with Gasteiger partial charge in [0, 0.05) is 34.6 Å². The Bertz CT molecular complexity index is 1230. The maximum atomic E-state index is 12.3. The molecule has 0 N–H and O–H groups in total. The molecule has 29 heavy (non-hydrogen) atoms. The summed E-state index contributed by atoms with van der Waals surface area (Å²) in [6.07, 6.45) is 1.71. The summed E-state index contributed by atoms with van der Waals surface area (Å²) < 4.78 is 9.92. The first-order valence-corrected chi connectivity index (χ1v) is 10.7. The Hall–Kier alpha value is -2.36. The molecule has 0 bridgehead atoms. The summed E-state index contributed by atoms with van der Waals surface area (Å²) in [4.78, 5) is 16.9. The van der Waals surface area contributed by atoms with Crippen molar-refractivity contribution in [3.8, 4) is 5.75 Å². The number of hydrogen-bond donors (Lipinski definition) is 0.